The van der Waals surface area contributed by atoms with Crippen molar-refractivity contribution in [3.63, 3.8) is 0 Å². The molecular weight excluding hydrogens is 286 g/mol. The third-order valence-corrected chi connectivity index (χ3v) is 4.50. The number of anilines is 1. The molecule has 0 aromatic heterocycles. The van der Waals surface area contributed by atoms with Crippen molar-refractivity contribution in [1.29, 1.82) is 0 Å². The van der Waals surface area contributed by atoms with Crippen LogP contribution in [-0.2, 0) is 0 Å². The summed E-state index contributed by atoms with van der Waals surface area (Å²) in [4.78, 5) is 2.26. The molecule has 2 nitrogen and oxygen atoms in total. The Morgan fingerprint density at radius 1 is 1.21 bits per heavy atom. The molecule has 1 aromatic rings. The van der Waals surface area contributed by atoms with E-state index in [1.54, 1.807) is 12.1 Å². The predicted molar refractivity (Wildman–Crippen MR) is 77.8 cm³/mol. The molecule has 1 heterocycles. The maximum atomic E-state index is 13.5. The number of halogens is 3. The van der Waals surface area contributed by atoms with E-state index in [0.717, 1.165) is 37.7 Å². The first-order valence-electron chi connectivity index (χ1n) is 6.78. The molecule has 1 aliphatic heterocycles. The van der Waals surface area contributed by atoms with Crippen LogP contribution in [0.4, 0.5) is 10.1 Å². The van der Waals surface area contributed by atoms with Crippen molar-refractivity contribution in [2.24, 2.45) is 5.92 Å². The van der Waals surface area contributed by atoms with Gasteiger partial charge in [0, 0.05) is 24.8 Å². The second-order valence-corrected chi connectivity index (χ2v) is 6.24. The number of hydrogen-bond acceptors (Lipinski definition) is 2. The van der Waals surface area contributed by atoms with Crippen molar-refractivity contribution in [2.75, 3.05) is 24.5 Å². The van der Waals surface area contributed by atoms with Crippen LogP contribution in [0.25, 0.3) is 0 Å². The minimum atomic E-state index is -0.529. The zero-order chi connectivity index (χ0) is 13.4. The van der Waals surface area contributed by atoms with Gasteiger partial charge in [-0.15, -0.1) is 0 Å². The van der Waals surface area contributed by atoms with E-state index in [1.165, 1.54) is 12.8 Å². The summed E-state index contributed by atoms with van der Waals surface area (Å²) in [6.45, 7) is 2.94. The van der Waals surface area contributed by atoms with Gasteiger partial charge >= 0.3 is 0 Å². The highest BCUT2D eigenvalue weighted by molar-refractivity contribution is 6.35. The fraction of sp³-hybridized carbons (Fsp3) is 0.571. The molecule has 0 spiro atoms. The summed E-state index contributed by atoms with van der Waals surface area (Å²) >= 11 is 11.8. The van der Waals surface area contributed by atoms with Gasteiger partial charge in [-0.3, -0.25) is 0 Å². The van der Waals surface area contributed by atoms with Crippen molar-refractivity contribution >= 4 is 28.9 Å². The van der Waals surface area contributed by atoms with Gasteiger partial charge in [0.1, 0.15) is 0 Å². The quantitative estimate of drug-likeness (QED) is 0.838. The van der Waals surface area contributed by atoms with Crippen LogP contribution in [0, 0.1) is 11.7 Å². The topological polar surface area (TPSA) is 15.3 Å². The summed E-state index contributed by atoms with van der Waals surface area (Å²) in [6.07, 6.45) is 3.71. The van der Waals surface area contributed by atoms with Crippen LogP contribution in [0.1, 0.15) is 19.3 Å². The molecule has 1 aliphatic carbocycles. The molecule has 2 aliphatic rings. The first-order valence-corrected chi connectivity index (χ1v) is 7.53. The van der Waals surface area contributed by atoms with E-state index in [2.05, 4.69) is 10.2 Å². The van der Waals surface area contributed by atoms with Crippen molar-refractivity contribution in [2.45, 2.75) is 25.3 Å². The Morgan fingerprint density at radius 3 is 2.53 bits per heavy atom. The van der Waals surface area contributed by atoms with Crippen molar-refractivity contribution < 1.29 is 4.39 Å². The summed E-state index contributed by atoms with van der Waals surface area (Å²) in [5.74, 6) is 0.269. The fourth-order valence-electron chi connectivity index (χ4n) is 2.72. The SMILES string of the molecule is Fc1c(Cl)cc(N2CCCNC(C3CC3)C2)cc1Cl. The molecule has 1 saturated carbocycles. The lowest BCUT2D eigenvalue weighted by Crippen LogP contribution is -2.39. The van der Waals surface area contributed by atoms with E-state index in [1.807, 2.05) is 0 Å². The third-order valence-electron chi connectivity index (χ3n) is 3.95. The average Bonchev–Trinajstić information content (AvgIpc) is 3.20. The summed E-state index contributed by atoms with van der Waals surface area (Å²) in [5, 5.41) is 3.80. The van der Waals surface area contributed by atoms with Crippen LogP contribution in [0.3, 0.4) is 0 Å². The summed E-state index contributed by atoms with van der Waals surface area (Å²) in [6, 6.07) is 3.89. The van der Waals surface area contributed by atoms with Crippen LogP contribution in [0.2, 0.25) is 10.0 Å². The molecule has 104 valence electrons. The zero-order valence-electron chi connectivity index (χ0n) is 10.6. The van der Waals surface area contributed by atoms with Crippen LogP contribution in [0.5, 0.6) is 0 Å². The van der Waals surface area contributed by atoms with Gasteiger partial charge in [-0.2, -0.15) is 0 Å². The Hall–Kier alpha value is -0.510. The van der Waals surface area contributed by atoms with Gasteiger partial charge in [-0.25, -0.2) is 4.39 Å². The number of nitrogens with one attached hydrogen (secondary N) is 1. The number of nitrogens with zero attached hydrogens (tertiary/aromatic N) is 1. The molecule has 19 heavy (non-hydrogen) atoms. The molecule has 1 aromatic carbocycles. The highest BCUT2D eigenvalue weighted by Crippen LogP contribution is 2.35. The summed E-state index contributed by atoms with van der Waals surface area (Å²) < 4.78 is 13.5. The van der Waals surface area contributed by atoms with Gasteiger partial charge in [-0.05, 0) is 43.9 Å². The largest absolute Gasteiger partial charge is 0.370 e. The predicted octanol–water partition coefficient (Wildman–Crippen LogP) is 3.71. The second kappa shape index (κ2) is 5.47. The highest BCUT2D eigenvalue weighted by atomic mass is 35.5. The van der Waals surface area contributed by atoms with Gasteiger partial charge in [0.2, 0.25) is 0 Å². The molecule has 1 N–H and O–H groups in total. The zero-order valence-corrected chi connectivity index (χ0v) is 12.1. The monoisotopic (exact) mass is 302 g/mol. The lowest BCUT2D eigenvalue weighted by atomic mass is 10.1. The molecule has 3 rings (SSSR count). The summed E-state index contributed by atoms with van der Waals surface area (Å²) in [7, 11) is 0. The van der Waals surface area contributed by atoms with Crippen LogP contribution in [-0.4, -0.2) is 25.7 Å². The van der Waals surface area contributed by atoms with Crippen LogP contribution >= 0.6 is 23.2 Å². The van der Waals surface area contributed by atoms with E-state index in [-0.39, 0.29) is 10.0 Å². The molecule has 0 radical (unpaired) electrons. The first-order chi connectivity index (χ1) is 9.15. The Labute approximate surface area is 122 Å². The Balaban J connectivity index is 1.83. The van der Waals surface area contributed by atoms with Gasteiger partial charge in [0.15, 0.2) is 5.82 Å². The maximum absolute atomic E-state index is 13.5. The van der Waals surface area contributed by atoms with Crippen molar-refractivity contribution in [3.8, 4) is 0 Å². The molecule has 5 heteroatoms. The fourth-order valence-corrected chi connectivity index (χ4v) is 3.20. The Kier molecular flexibility index (Phi) is 3.88. The second-order valence-electron chi connectivity index (χ2n) is 5.42. The molecule has 0 amide bonds. The van der Waals surface area contributed by atoms with E-state index in [0.29, 0.717) is 6.04 Å². The molecular formula is C14H17Cl2FN2. The van der Waals surface area contributed by atoms with E-state index in [9.17, 15) is 4.39 Å². The average molecular weight is 303 g/mol. The Morgan fingerprint density at radius 2 is 1.89 bits per heavy atom. The third kappa shape index (κ3) is 2.99. The lowest BCUT2D eigenvalue weighted by molar-refractivity contribution is 0.490. The van der Waals surface area contributed by atoms with Crippen molar-refractivity contribution in [3.05, 3.63) is 28.0 Å². The molecule has 1 unspecified atom stereocenters. The maximum Gasteiger partial charge on any atom is 0.160 e. The van der Waals surface area contributed by atoms with Gasteiger partial charge in [-0.1, -0.05) is 23.2 Å². The first kappa shape index (κ1) is 13.5. The molecule has 0 bridgehead atoms. The van der Waals surface area contributed by atoms with E-state index < -0.39 is 5.82 Å². The molecule has 1 saturated heterocycles. The molecule has 2 fully saturated rings. The number of rotatable bonds is 2. The lowest BCUT2D eigenvalue weighted by Gasteiger charge is -2.27. The molecule has 1 atom stereocenters. The standard InChI is InChI=1S/C14H17Cl2FN2/c15-11-6-10(7-12(16)14(11)17)19-5-1-4-18-13(8-19)9-2-3-9/h6-7,9,13,18H,1-5,8H2. The van der Waals surface area contributed by atoms with Crippen molar-refractivity contribution in [1.82, 2.24) is 5.32 Å². The number of hydrogen-bond donors (Lipinski definition) is 1. The minimum absolute atomic E-state index is 0.0997. The van der Waals surface area contributed by atoms with Crippen LogP contribution < -0.4 is 10.2 Å². The van der Waals surface area contributed by atoms with Crippen LogP contribution in [0.15, 0.2) is 12.1 Å². The Bertz CT molecular complexity index is 454. The summed E-state index contributed by atoms with van der Waals surface area (Å²) in [5.41, 5.74) is 0.922. The minimum Gasteiger partial charge on any atom is -0.370 e. The van der Waals surface area contributed by atoms with Gasteiger partial charge in [0.05, 0.1) is 10.0 Å². The highest BCUT2D eigenvalue weighted by Gasteiger charge is 2.33. The van der Waals surface area contributed by atoms with Gasteiger partial charge in [0.25, 0.3) is 0 Å². The van der Waals surface area contributed by atoms with Gasteiger partial charge < -0.3 is 10.2 Å². The number of benzene rings is 1. The smallest absolute Gasteiger partial charge is 0.160 e. The normalized spacial score (nSPS) is 24.4. The van der Waals surface area contributed by atoms with E-state index in [4.69, 9.17) is 23.2 Å². The van der Waals surface area contributed by atoms with E-state index >= 15 is 0 Å².